The van der Waals surface area contributed by atoms with Crippen LogP contribution < -0.4 is 5.32 Å². The zero-order valence-electron chi connectivity index (χ0n) is 11.5. The molecule has 0 aromatic carbocycles. The lowest BCUT2D eigenvalue weighted by Crippen LogP contribution is -2.31. The van der Waals surface area contributed by atoms with Gasteiger partial charge in [0.05, 0.1) is 6.10 Å². The number of ether oxygens (including phenoxy) is 2. The minimum Gasteiger partial charge on any atom is -0.385 e. The Morgan fingerprint density at radius 2 is 2.29 bits per heavy atom. The van der Waals surface area contributed by atoms with E-state index in [1.54, 1.807) is 7.11 Å². The minimum absolute atomic E-state index is 0.531. The van der Waals surface area contributed by atoms with E-state index in [-0.39, 0.29) is 0 Å². The lowest BCUT2D eigenvalue weighted by molar-refractivity contribution is 0.0987. The standard InChI is InChI=1S/C14H29NO2/c1-3-10-15-13(6-4-11-16-2)8-9-14-7-5-12-17-14/h13-15H,3-12H2,1-2H3. The summed E-state index contributed by atoms with van der Waals surface area (Å²) in [6.07, 6.45) is 9.09. The molecule has 1 aliphatic heterocycles. The highest BCUT2D eigenvalue weighted by Crippen LogP contribution is 2.18. The van der Waals surface area contributed by atoms with Gasteiger partial charge in [-0.1, -0.05) is 6.92 Å². The summed E-state index contributed by atoms with van der Waals surface area (Å²) in [4.78, 5) is 0. The largest absolute Gasteiger partial charge is 0.385 e. The molecule has 3 heteroatoms. The Labute approximate surface area is 106 Å². The monoisotopic (exact) mass is 243 g/mol. The molecule has 0 bridgehead atoms. The fraction of sp³-hybridized carbons (Fsp3) is 1.00. The molecule has 2 atom stereocenters. The summed E-state index contributed by atoms with van der Waals surface area (Å²) in [7, 11) is 1.78. The van der Waals surface area contributed by atoms with Crippen molar-refractivity contribution in [1.29, 1.82) is 0 Å². The Balaban J connectivity index is 2.13. The summed E-state index contributed by atoms with van der Waals surface area (Å²) < 4.78 is 10.8. The second-order valence-electron chi connectivity index (χ2n) is 5.00. The molecule has 0 radical (unpaired) electrons. The van der Waals surface area contributed by atoms with Crippen molar-refractivity contribution >= 4 is 0 Å². The molecule has 0 aliphatic carbocycles. The van der Waals surface area contributed by atoms with Crippen LogP contribution in [0, 0.1) is 0 Å². The van der Waals surface area contributed by atoms with E-state index in [0.29, 0.717) is 12.1 Å². The third kappa shape index (κ3) is 7.02. The molecule has 102 valence electrons. The van der Waals surface area contributed by atoms with Gasteiger partial charge in [0, 0.05) is 26.4 Å². The van der Waals surface area contributed by atoms with Gasteiger partial charge >= 0.3 is 0 Å². The fourth-order valence-electron chi connectivity index (χ4n) is 2.43. The van der Waals surface area contributed by atoms with Crippen molar-refractivity contribution < 1.29 is 9.47 Å². The first-order chi connectivity index (χ1) is 8.36. The van der Waals surface area contributed by atoms with Gasteiger partial charge in [-0.25, -0.2) is 0 Å². The molecule has 1 saturated heterocycles. The van der Waals surface area contributed by atoms with Crippen molar-refractivity contribution in [3.8, 4) is 0 Å². The molecule has 1 heterocycles. The summed E-state index contributed by atoms with van der Waals surface area (Å²) >= 11 is 0. The molecule has 1 fully saturated rings. The summed E-state index contributed by atoms with van der Waals surface area (Å²) in [6.45, 7) is 5.20. The second-order valence-corrected chi connectivity index (χ2v) is 5.00. The molecule has 0 amide bonds. The van der Waals surface area contributed by atoms with Gasteiger partial charge in [-0.05, 0) is 51.5 Å². The zero-order valence-corrected chi connectivity index (χ0v) is 11.5. The number of rotatable bonds is 10. The van der Waals surface area contributed by atoms with E-state index in [2.05, 4.69) is 12.2 Å². The Morgan fingerprint density at radius 3 is 2.94 bits per heavy atom. The quantitative estimate of drug-likeness (QED) is 0.598. The van der Waals surface area contributed by atoms with E-state index in [9.17, 15) is 0 Å². The minimum atomic E-state index is 0.531. The Kier molecular flexibility index (Phi) is 8.67. The van der Waals surface area contributed by atoms with Gasteiger partial charge in [0.2, 0.25) is 0 Å². The number of hydrogen-bond donors (Lipinski definition) is 1. The van der Waals surface area contributed by atoms with Crippen molar-refractivity contribution in [3.05, 3.63) is 0 Å². The van der Waals surface area contributed by atoms with Crippen LogP contribution in [0.1, 0.15) is 51.9 Å². The number of nitrogens with one attached hydrogen (secondary N) is 1. The van der Waals surface area contributed by atoms with E-state index in [1.165, 1.54) is 38.5 Å². The topological polar surface area (TPSA) is 30.5 Å². The average molecular weight is 243 g/mol. The van der Waals surface area contributed by atoms with Crippen molar-refractivity contribution in [2.45, 2.75) is 64.0 Å². The van der Waals surface area contributed by atoms with E-state index in [4.69, 9.17) is 9.47 Å². The predicted octanol–water partition coefficient (Wildman–Crippen LogP) is 2.74. The van der Waals surface area contributed by atoms with Crippen LogP contribution in [0.15, 0.2) is 0 Å². The molecule has 17 heavy (non-hydrogen) atoms. The van der Waals surface area contributed by atoms with E-state index in [1.807, 2.05) is 0 Å². The maximum atomic E-state index is 5.68. The van der Waals surface area contributed by atoms with Crippen LogP contribution in [-0.4, -0.2) is 39.0 Å². The normalized spacial score (nSPS) is 21.9. The van der Waals surface area contributed by atoms with Gasteiger partial charge in [-0.3, -0.25) is 0 Å². The first kappa shape index (κ1) is 14.9. The molecular formula is C14H29NO2. The van der Waals surface area contributed by atoms with Gasteiger partial charge in [0.25, 0.3) is 0 Å². The maximum Gasteiger partial charge on any atom is 0.0576 e. The maximum absolute atomic E-state index is 5.68. The van der Waals surface area contributed by atoms with E-state index >= 15 is 0 Å². The molecular weight excluding hydrogens is 214 g/mol. The number of hydrogen-bond acceptors (Lipinski definition) is 3. The SMILES string of the molecule is CCCNC(CCCOC)CCC1CCCO1. The summed E-state index contributed by atoms with van der Waals surface area (Å²) in [6, 6.07) is 0.647. The highest BCUT2D eigenvalue weighted by atomic mass is 16.5. The van der Waals surface area contributed by atoms with E-state index in [0.717, 1.165) is 26.2 Å². The van der Waals surface area contributed by atoms with Gasteiger partial charge in [-0.2, -0.15) is 0 Å². The zero-order chi connectivity index (χ0) is 12.3. The highest BCUT2D eigenvalue weighted by Gasteiger charge is 2.17. The average Bonchev–Trinajstić information content (AvgIpc) is 2.85. The van der Waals surface area contributed by atoms with Gasteiger partial charge in [0.15, 0.2) is 0 Å². The lowest BCUT2D eigenvalue weighted by atomic mass is 10.0. The predicted molar refractivity (Wildman–Crippen MR) is 71.4 cm³/mol. The third-order valence-corrected chi connectivity index (χ3v) is 3.45. The van der Waals surface area contributed by atoms with Gasteiger partial charge in [-0.15, -0.1) is 0 Å². The van der Waals surface area contributed by atoms with Crippen LogP contribution in [0.5, 0.6) is 0 Å². The van der Waals surface area contributed by atoms with Crippen molar-refractivity contribution in [1.82, 2.24) is 5.32 Å². The van der Waals surface area contributed by atoms with Crippen LogP contribution in [0.25, 0.3) is 0 Å². The Morgan fingerprint density at radius 1 is 1.41 bits per heavy atom. The van der Waals surface area contributed by atoms with Crippen LogP contribution in [0.2, 0.25) is 0 Å². The lowest BCUT2D eigenvalue weighted by Gasteiger charge is -2.20. The van der Waals surface area contributed by atoms with Crippen LogP contribution >= 0.6 is 0 Å². The highest BCUT2D eigenvalue weighted by molar-refractivity contribution is 4.72. The van der Waals surface area contributed by atoms with Crippen LogP contribution in [0.4, 0.5) is 0 Å². The molecule has 0 saturated carbocycles. The molecule has 1 aliphatic rings. The molecule has 3 nitrogen and oxygen atoms in total. The van der Waals surface area contributed by atoms with Crippen LogP contribution in [-0.2, 0) is 9.47 Å². The van der Waals surface area contributed by atoms with Gasteiger partial charge < -0.3 is 14.8 Å². The summed E-state index contributed by atoms with van der Waals surface area (Å²) in [5, 5.41) is 3.64. The molecule has 2 unspecified atom stereocenters. The van der Waals surface area contributed by atoms with Gasteiger partial charge in [0.1, 0.15) is 0 Å². The fourth-order valence-corrected chi connectivity index (χ4v) is 2.43. The van der Waals surface area contributed by atoms with Crippen molar-refractivity contribution in [2.75, 3.05) is 26.9 Å². The smallest absolute Gasteiger partial charge is 0.0576 e. The molecule has 0 aromatic rings. The Hall–Kier alpha value is -0.120. The third-order valence-electron chi connectivity index (χ3n) is 3.45. The summed E-state index contributed by atoms with van der Waals surface area (Å²) in [5.74, 6) is 0. The van der Waals surface area contributed by atoms with Crippen molar-refractivity contribution in [3.63, 3.8) is 0 Å². The van der Waals surface area contributed by atoms with Crippen molar-refractivity contribution in [2.24, 2.45) is 0 Å². The number of methoxy groups -OCH3 is 1. The molecule has 0 spiro atoms. The molecule has 1 N–H and O–H groups in total. The van der Waals surface area contributed by atoms with Crippen LogP contribution in [0.3, 0.4) is 0 Å². The summed E-state index contributed by atoms with van der Waals surface area (Å²) in [5.41, 5.74) is 0. The first-order valence-corrected chi connectivity index (χ1v) is 7.20. The Bertz CT molecular complexity index is 170. The molecule has 1 rings (SSSR count). The first-order valence-electron chi connectivity index (χ1n) is 7.20. The molecule has 0 aromatic heterocycles. The van der Waals surface area contributed by atoms with E-state index < -0.39 is 0 Å². The second kappa shape index (κ2) is 9.86.